The molecule has 0 aliphatic carbocycles. The van der Waals surface area contributed by atoms with E-state index in [1.807, 2.05) is 6.07 Å². The SMILES string of the molecule is C=CCOc1ccccc1C(=O)Nc1cccc(N(C)C(=O)c2ccccc2OCC=C)c1. The third-order valence-corrected chi connectivity index (χ3v) is 4.76. The van der Waals surface area contributed by atoms with Gasteiger partial charge < -0.3 is 19.7 Å². The van der Waals surface area contributed by atoms with Gasteiger partial charge in [0.1, 0.15) is 24.7 Å². The first-order valence-electron chi connectivity index (χ1n) is 10.4. The van der Waals surface area contributed by atoms with Crippen molar-refractivity contribution in [3.8, 4) is 11.5 Å². The summed E-state index contributed by atoms with van der Waals surface area (Å²) >= 11 is 0. The number of benzene rings is 3. The minimum Gasteiger partial charge on any atom is -0.489 e. The molecule has 33 heavy (non-hydrogen) atoms. The van der Waals surface area contributed by atoms with Crippen molar-refractivity contribution in [2.24, 2.45) is 0 Å². The fourth-order valence-electron chi connectivity index (χ4n) is 3.14. The van der Waals surface area contributed by atoms with Crippen molar-refractivity contribution < 1.29 is 19.1 Å². The maximum atomic E-state index is 13.1. The molecular weight excluding hydrogens is 416 g/mol. The van der Waals surface area contributed by atoms with Crippen LogP contribution in [0.5, 0.6) is 11.5 Å². The number of ether oxygens (including phenoxy) is 2. The highest BCUT2D eigenvalue weighted by Crippen LogP contribution is 2.25. The number of hydrogen-bond acceptors (Lipinski definition) is 4. The number of carbonyl (C=O) groups is 2. The minimum absolute atomic E-state index is 0.235. The first-order valence-corrected chi connectivity index (χ1v) is 10.4. The summed E-state index contributed by atoms with van der Waals surface area (Å²) in [5, 5.41) is 2.87. The molecule has 0 aliphatic rings. The summed E-state index contributed by atoms with van der Waals surface area (Å²) in [7, 11) is 1.67. The molecule has 0 aliphatic heterocycles. The van der Waals surface area contributed by atoms with Gasteiger partial charge in [0.15, 0.2) is 0 Å². The van der Waals surface area contributed by atoms with E-state index in [0.29, 0.717) is 47.2 Å². The maximum Gasteiger partial charge on any atom is 0.261 e. The van der Waals surface area contributed by atoms with Gasteiger partial charge in [-0.2, -0.15) is 0 Å². The van der Waals surface area contributed by atoms with Crippen molar-refractivity contribution in [2.75, 3.05) is 30.5 Å². The van der Waals surface area contributed by atoms with Gasteiger partial charge in [0.2, 0.25) is 0 Å². The van der Waals surface area contributed by atoms with Crippen LogP contribution in [-0.2, 0) is 0 Å². The predicted octanol–water partition coefficient (Wildman–Crippen LogP) is 5.35. The Morgan fingerprint density at radius 2 is 1.42 bits per heavy atom. The number of para-hydroxylation sites is 2. The summed E-state index contributed by atoms with van der Waals surface area (Å²) in [6.45, 7) is 7.87. The fourth-order valence-corrected chi connectivity index (χ4v) is 3.14. The van der Waals surface area contributed by atoms with E-state index < -0.39 is 0 Å². The van der Waals surface area contributed by atoms with Crippen LogP contribution in [-0.4, -0.2) is 32.1 Å². The number of carbonyl (C=O) groups excluding carboxylic acids is 2. The highest BCUT2D eigenvalue weighted by Gasteiger charge is 2.19. The van der Waals surface area contributed by atoms with E-state index >= 15 is 0 Å². The van der Waals surface area contributed by atoms with Crippen LogP contribution in [0.15, 0.2) is 98.1 Å². The topological polar surface area (TPSA) is 67.9 Å². The monoisotopic (exact) mass is 442 g/mol. The Hall–Kier alpha value is -4.32. The Bertz CT molecular complexity index is 1160. The van der Waals surface area contributed by atoms with E-state index in [1.54, 1.807) is 85.9 Å². The highest BCUT2D eigenvalue weighted by molar-refractivity contribution is 6.09. The summed E-state index contributed by atoms with van der Waals surface area (Å²) in [6, 6.07) is 21.1. The van der Waals surface area contributed by atoms with E-state index in [1.165, 1.54) is 4.90 Å². The molecule has 0 unspecified atom stereocenters. The molecule has 0 heterocycles. The normalized spacial score (nSPS) is 10.1. The molecule has 1 N–H and O–H groups in total. The van der Waals surface area contributed by atoms with Crippen molar-refractivity contribution in [2.45, 2.75) is 0 Å². The molecule has 3 aromatic carbocycles. The standard InChI is InChI=1S/C27H26N2O4/c1-4-17-32-24-15-8-6-13-22(24)26(30)28-20-11-10-12-21(19-20)29(3)27(31)23-14-7-9-16-25(23)33-18-5-2/h4-16,19H,1-2,17-18H2,3H3,(H,28,30). The summed E-state index contributed by atoms with van der Waals surface area (Å²) in [4.78, 5) is 27.5. The summed E-state index contributed by atoms with van der Waals surface area (Å²) in [6.07, 6.45) is 3.24. The molecule has 0 spiro atoms. The lowest BCUT2D eigenvalue weighted by Crippen LogP contribution is -2.27. The smallest absolute Gasteiger partial charge is 0.261 e. The van der Waals surface area contributed by atoms with E-state index in [-0.39, 0.29) is 11.8 Å². The number of amides is 2. The van der Waals surface area contributed by atoms with Crippen LogP contribution in [0.3, 0.4) is 0 Å². The second-order valence-electron chi connectivity index (χ2n) is 7.06. The Balaban J connectivity index is 1.79. The van der Waals surface area contributed by atoms with Crippen LogP contribution in [0.25, 0.3) is 0 Å². The van der Waals surface area contributed by atoms with Gasteiger partial charge in [-0.1, -0.05) is 55.6 Å². The van der Waals surface area contributed by atoms with Crippen molar-refractivity contribution in [1.29, 1.82) is 0 Å². The molecule has 6 nitrogen and oxygen atoms in total. The van der Waals surface area contributed by atoms with Gasteiger partial charge in [0.25, 0.3) is 11.8 Å². The molecule has 0 atom stereocenters. The first-order chi connectivity index (χ1) is 16.0. The van der Waals surface area contributed by atoms with E-state index in [0.717, 1.165) is 0 Å². The van der Waals surface area contributed by atoms with Crippen molar-refractivity contribution in [3.05, 3.63) is 109 Å². The van der Waals surface area contributed by atoms with Gasteiger partial charge in [-0.05, 0) is 42.5 Å². The molecule has 6 heteroatoms. The van der Waals surface area contributed by atoms with Gasteiger partial charge in [0, 0.05) is 18.4 Å². The molecule has 3 aromatic rings. The van der Waals surface area contributed by atoms with Crippen LogP contribution in [0, 0.1) is 0 Å². The molecule has 0 radical (unpaired) electrons. The van der Waals surface area contributed by atoms with Crippen LogP contribution in [0.1, 0.15) is 20.7 Å². The second kappa shape index (κ2) is 11.3. The summed E-state index contributed by atoms with van der Waals surface area (Å²) in [5.74, 6) is 0.398. The fraction of sp³-hybridized carbons (Fsp3) is 0.111. The third-order valence-electron chi connectivity index (χ3n) is 4.76. The quantitative estimate of drug-likeness (QED) is 0.430. The number of rotatable bonds is 10. The molecule has 0 bridgehead atoms. The van der Waals surface area contributed by atoms with Crippen LogP contribution in [0.2, 0.25) is 0 Å². The third kappa shape index (κ3) is 5.89. The Morgan fingerprint density at radius 3 is 2.06 bits per heavy atom. The van der Waals surface area contributed by atoms with Crippen LogP contribution < -0.4 is 19.7 Å². The van der Waals surface area contributed by atoms with E-state index in [9.17, 15) is 9.59 Å². The zero-order chi connectivity index (χ0) is 23.6. The Morgan fingerprint density at radius 1 is 0.848 bits per heavy atom. The average molecular weight is 443 g/mol. The molecule has 0 saturated heterocycles. The van der Waals surface area contributed by atoms with Crippen molar-refractivity contribution in [1.82, 2.24) is 0 Å². The molecule has 2 amide bonds. The lowest BCUT2D eigenvalue weighted by molar-refractivity contribution is 0.0988. The minimum atomic E-state index is -0.316. The van der Waals surface area contributed by atoms with Gasteiger partial charge in [0.05, 0.1) is 11.1 Å². The Labute approximate surface area is 193 Å². The summed E-state index contributed by atoms with van der Waals surface area (Å²) < 4.78 is 11.2. The summed E-state index contributed by atoms with van der Waals surface area (Å²) in [5.41, 5.74) is 2.01. The number of nitrogens with zero attached hydrogens (tertiary/aromatic N) is 1. The lowest BCUT2D eigenvalue weighted by atomic mass is 10.1. The van der Waals surface area contributed by atoms with Gasteiger partial charge in [-0.3, -0.25) is 9.59 Å². The van der Waals surface area contributed by atoms with Gasteiger partial charge in [-0.15, -0.1) is 0 Å². The van der Waals surface area contributed by atoms with E-state index in [4.69, 9.17) is 9.47 Å². The molecule has 0 saturated carbocycles. The second-order valence-corrected chi connectivity index (χ2v) is 7.06. The van der Waals surface area contributed by atoms with Crippen molar-refractivity contribution in [3.63, 3.8) is 0 Å². The number of nitrogens with one attached hydrogen (secondary N) is 1. The molecule has 168 valence electrons. The molecule has 3 rings (SSSR count). The van der Waals surface area contributed by atoms with Gasteiger partial charge in [-0.25, -0.2) is 0 Å². The number of hydrogen-bond donors (Lipinski definition) is 1. The molecule has 0 fully saturated rings. The van der Waals surface area contributed by atoms with Gasteiger partial charge >= 0.3 is 0 Å². The van der Waals surface area contributed by atoms with E-state index in [2.05, 4.69) is 18.5 Å². The first kappa shape index (κ1) is 23.3. The lowest BCUT2D eigenvalue weighted by Gasteiger charge is -2.20. The predicted molar refractivity (Wildman–Crippen MR) is 131 cm³/mol. The van der Waals surface area contributed by atoms with Crippen molar-refractivity contribution >= 4 is 23.2 Å². The zero-order valence-electron chi connectivity index (χ0n) is 18.5. The Kier molecular flexibility index (Phi) is 8.02. The largest absolute Gasteiger partial charge is 0.489 e. The van der Waals surface area contributed by atoms with Crippen LogP contribution in [0.4, 0.5) is 11.4 Å². The highest BCUT2D eigenvalue weighted by atomic mass is 16.5. The maximum absolute atomic E-state index is 13.1. The molecule has 0 aromatic heterocycles. The zero-order valence-corrected chi connectivity index (χ0v) is 18.5. The van der Waals surface area contributed by atoms with Crippen LogP contribution >= 0.6 is 0 Å². The number of anilines is 2. The average Bonchev–Trinajstić information content (AvgIpc) is 2.85. The molecular formula is C27H26N2O4.